The second-order valence-electron chi connectivity index (χ2n) is 9.50. The van der Waals surface area contributed by atoms with Gasteiger partial charge in [0.25, 0.3) is 0 Å². The van der Waals surface area contributed by atoms with Crippen LogP contribution < -0.4 is 14.9 Å². The van der Waals surface area contributed by atoms with Crippen molar-refractivity contribution in [2.75, 3.05) is 36.4 Å². The van der Waals surface area contributed by atoms with Crippen molar-refractivity contribution in [3.05, 3.63) is 58.6 Å². The standard InChI is InChI=1S/C26H38ClN3O3S/c1-20(2)34(32,33)29-16-6-4-5-15-28-25-12-11-24(19-21(25)3)30-17-13-26(31,14-18-30)22-7-9-23(27)10-8-22/h7-12,19-20,28-29,31H,4-6,13-18H2,1-3H3. The summed E-state index contributed by atoms with van der Waals surface area (Å²) in [6.07, 6.45) is 4.15. The Morgan fingerprint density at radius 2 is 1.68 bits per heavy atom. The van der Waals surface area contributed by atoms with E-state index in [4.69, 9.17) is 11.6 Å². The molecule has 0 aromatic heterocycles. The zero-order chi connectivity index (χ0) is 24.8. The Kier molecular flexibility index (Phi) is 9.27. The molecule has 1 aliphatic heterocycles. The summed E-state index contributed by atoms with van der Waals surface area (Å²) in [5.74, 6) is 0. The molecule has 0 radical (unpaired) electrons. The Morgan fingerprint density at radius 3 is 2.29 bits per heavy atom. The van der Waals surface area contributed by atoms with Gasteiger partial charge in [0.05, 0.1) is 10.9 Å². The number of hydrogen-bond donors (Lipinski definition) is 3. The summed E-state index contributed by atoms with van der Waals surface area (Å²) in [7, 11) is -3.16. The lowest BCUT2D eigenvalue weighted by Gasteiger charge is -2.40. The van der Waals surface area contributed by atoms with E-state index in [2.05, 4.69) is 40.1 Å². The van der Waals surface area contributed by atoms with Gasteiger partial charge < -0.3 is 15.3 Å². The minimum Gasteiger partial charge on any atom is -0.385 e. The molecule has 1 aliphatic rings. The fourth-order valence-electron chi connectivity index (χ4n) is 4.26. The van der Waals surface area contributed by atoms with Crippen LogP contribution in [0.3, 0.4) is 0 Å². The van der Waals surface area contributed by atoms with Crippen LogP contribution in [0.5, 0.6) is 0 Å². The summed E-state index contributed by atoms with van der Waals surface area (Å²) >= 11 is 5.99. The number of aliphatic hydroxyl groups is 1. The Labute approximate surface area is 209 Å². The number of rotatable bonds is 11. The van der Waals surface area contributed by atoms with E-state index in [-0.39, 0.29) is 5.25 Å². The first kappa shape index (κ1) is 26.8. The van der Waals surface area contributed by atoms with Gasteiger partial charge in [-0.2, -0.15) is 0 Å². The predicted octanol–water partition coefficient (Wildman–Crippen LogP) is 5.05. The van der Waals surface area contributed by atoms with Crippen molar-refractivity contribution < 1.29 is 13.5 Å². The highest BCUT2D eigenvalue weighted by atomic mass is 35.5. The number of unbranched alkanes of at least 4 members (excludes halogenated alkanes) is 2. The van der Waals surface area contributed by atoms with Crippen LogP contribution in [-0.4, -0.2) is 45.0 Å². The second-order valence-corrected chi connectivity index (χ2v) is 12.3. The summed E-state index contributed by atoms with van der Waals surface area (Å²) in [6, 6.07) is 14.0. The average molecular weight is 508 g/mol. The molecule has 8 heteroatoms. The molecule has 3 rings (SSSR count). The van der Waals surface area contributed by atoms with E-state index >= 15 is 0 Å². The van der Waals surface area contributed by atoms with Crippen molar-refractivity contribution in [2.45, 2.75) is 63.7 Å². The van der Waals surface area contributed by atoms with Crippen molar-refractivity contribution in [2.24, 2.45) is 0 Å². The molecule has 34 heavy (non-hydrogen) atoms. The van der Waals surface area contributed by atoms with Crippen LogP contribution in [0.1, 0.15) is 57.1 Å². The van der Waals surface area contributed by atoms with Crippen molar-refractivity contribution in [1.82, 2.24) is 4.72 Å². The van der Waals surface area contributed by atoms with Gasteiger partial charge in [-0.1, -0.05) is 30.2 Å². The van der Waals surface area contributed by atoms with Crippen molar-refractivity contribution in [1.29, 1.82) is 0 Å². The number of nitrogens with one attached hydrogen (secondary N) is 2. The molecule has 0 bridgehead atoms. The summed E-state index contributed by atoms with van der Waals surface area (Å²) in [5.41, 5.74) is 3.63. The molecule has 0 atom stereocenters. The quantitative estimate of drug-likeness (QED) is 0.371. The fraction of sp³-hybridized carbons (Fsp3) is 0.538. The lowest BCUT2D eigenvalue weighted by Crippen LogP contribution is -2.42. The maximum absolute atomic E-state index is 11.7. The molecular weight excluding hydrogens is 470 g/mol. The normalized spacial score (nSPS) is 16.1. The highest BCUT2D eigenvalue weighted by Gasteiger charge is 2.34. The summed E-state index contributed by atoms with van der Waals surface area (Å²) < 4.78 is 26.2. The Balaban J connectivity index is 1.42. The van der Waals surface area contributed by atoms with Crippen LogP contribution in [-0.2, 0) is 15.6 Å². The first-order valence-corrected chi connectivity index (χ1v) is 14.1. The van der Waals surface area contributed by atoms with E-state index in [0.717, 1.165) is 50.1 Å². The molecule has 188 valence electrons. The molecule has 3 N–H and O–H groups in total. The molecule has 0 saturated carbocycles. The number of aryl methyl sites for hydroxylation is 1. The second kappa shape index (κ2) is 11.8. The van der Waals surface area contributed by atoms with Crippen molar-refractivity contribution in [3.63, 3.8) is 0 Å². The summed E-state index contributed by atoms with van der Waals surface area (Å²) in [4.78, 5) is 2.33. The molecule has 0 aliphatic carbocycles. The molecule has 1 heterocycles. The highest BCUT2D eigenvalue weighted by Crippen LogP contribution is 2.35. The fourth-order valence-corrected chi connectivity index (χ4v) is 5.15. The smallest absolute Gasteiger partial charge is 0.213 e. The molecule has 1 fully saturated rings. The Bertz CT molecular complexity index is 1030. The third-order valence-corrected chi connectivity index (χ3v) is 8.74. The van der Waals surface area contributed by atoms with Gasteiger partial charge in [0.2, 0.25) is 10.0 Å². The van der Waals surface area contributed by atoms with E-state index in [1.807, 2.05) is 24.3 Å². The van der Waals surface area contributed by atoms with E-state index in [9.17, 15) is 13.5 Å². The zero-order valence-corrected chi connectivity index (χ0v) is 22.1. The topological polar surface area (TPSA) is 81.7 Å². The zero-order valence-electron chi connectivity index (χ0n) is 20.5. The number of hydrogen-bond acceptors (Lipinski definition) is 5. The largest absolute Gasteiger partial charge is 0.385 e. The van der Waals surface area contributed by atoms with Crippen LogP contribution in [0.25, 0.3) is 0 Å². The number of benzene rings is 2. The van der Waals surface area contributed by atoms with Gasteiger partial charge in [0, 0.05) is 42.6 Å². The molecule has 6 nitrogen and oxygen atoms in total. The lowest BCUT2D eigenvalue weighted by molar-refractivity contribution is 0.0118. The Morgan fingerprint density at radius 1 is 1.03 bits per heavy atom. The van der Waals surface area contributed by atoms with Crippen LogP contribution in [0.15, 0.2) is 42.5 Å². The monoisotopic (exact) mass is 507 g/mol. The number of nitrogens with zero attached hydrogens (tertiary/aromatic N) is 1. The highest BCUT2D eigenvalue weighted by molar-refractivity contribution is 7.90. The van der Waals surface area contributed by atoms with Gasteiger partial charge in [0.1, 0.15) is 0 Å². The van der Waals surface area contributed by atoms with Crippen LogP contribution in [0.2, 0.25) is 5.02 Å². The number of sulfonamides is 1. The summed E-state index contributed by atoms with van der Waals surface area (Å²) in [5, 5.41) is 14.9. The maximum atomic E-state index is 11.7. The van der Waals surface area contributed by atoms with Crippen LogP contribution in [0.4, 0.5) is 11.4 Å². The SMILES string of the molecule is Cc1cc(N2CCC(O)(c3ccc(Cl)cc3)CC2)ccc1NCCCCCNS(=O)(=O)C(C)C. The molecule has 0 spiro atoms. The predicted molar refractivity (Wildman–Crippen MR) is 142 cm³/mol. The number of halogens is 1. The lowest BCUT2D eigenvalue weighted by atomic mass is 9.84. The van der Waals surface area contributed by atoms with Gasteiger partial charge in [-0.05, 0) is 87.9 Å². The van der Waals surface area contributed by atoms with Gasteiger partial charge in [-0.3, -0.25) is 0 Å². The van der Waals surface area contributed by atoms with E-state index in [0.29, 0.717) is 24.4 Å². The number of anilines is 2. The first-order valence-electron chi connectivity index (χ1n) is 12.2. The molecule has 0 amide bonds. The molecule has 1 saturated heterocycles. The van der Waals surface area contributed by atoms with Gasteiger partial charge in [0.15, 0.2) is 0 Å². The van der Waals surface area contributed by atoms with Gasteiger partial charge >= 0.3 is 0 Å². The molecule has 2 aromatic carbocycles. The maximum Gasteiger partial charge on any atom is 0.213 e. The third kappa shape index (κ3) is 7.11. The van der Waals surface area contributed by atoms with Crippen LogP contribution >= 0.6 is 11.6 Å². The van der Waals surface area contributed by atoms with Crippen LogP contribution in [0, 0.1) is 6.92 Å². The summed E-state index contributed by atoms with van der Waals surface area (Å²) in [6.45, 7) is 8.43. The minimum absolute atomic E-state index is 0.389. The first-order chi connectivity index (χ1) is 16.1. The van der Waals surface area contributed by atoms with Crippen molar-refractivity contribution >= 4 is 33.0 Å². The van der Waals surface area contributed by atoms with E-state index in [1.165, 1.54) is 11.3 Å². The third-order valence-electron chi connectivity index (χ3n) is 6.64. The van der Waals surface area contributed by atoms with E-state index < -0.39 is 15.6 Å². The minimum atomic E-state index is -3.16. The Hall–Kier alpha value is -1.80. The average Bonchev–Trinajstić information content (AvgIpc) is 2.80. The molecular formula is C26H38ClN3O3S. The van der Waals surface area contributed by atoms with Gasteiger partial charge in [-0.25, -0.2) is 13.1 Å². The molecule has 2 aromatic rings. The molecule has 0 unspecified atom stereocenters. The van der Waals surface area contributed by atoms with Crippen molar-refractivity contribution in [3.8, 4) is 0 Å². The number of piperidine rings is 1. The van der Waals surface area contributed by atoms with Gasteiger partial charge in [-0.15, -0.1) is 0 Å². The van der Waals surface area contributed by atoms with E-state index in [1.54, 1.807) is 13.8 Å².